The van der Waals surface area contributed by atoms with Crippen LogP contribution in [0.4, 0.5) is 4.39 Å². The Kier molecular flexibility index (Phi) is 4.57. The molecule has 1 aliphatic rings. The van der Waals surface area contributed by atoms with Gasteiger partial charge in [0.2, 0.25) is 0 Å². The Hall–Kier alpha value is -0.410. The van der Waals surface area contributed by atoms with E-state index in [2.05, 4.69) is 28.2 Å². The first-order valence-corrected chi connectivity index (χ1v) is 7.20. The predicted molar refractivity (Wildman–Crippen MR) is 72.5 cm³/mol. The summed E-state index contributed by atoms with van der Waals surface area (Å²) in [5.74, 6) is 0.495. The number of benzene rings is 1. The van der Waals surface area contributed by atoms with Crippen molar-refractivity contribution in [3.8, 4) is 0 Å². The average molecular weight is 300 g/mol. The normalized spacial score (nSPS) is 17.8. The predicted octanol–water partition coefficient (Wildman–Crippen LogP) is 4.43. The molecule has 0 aromatic heterocycles. The Morgan fingerprint density at radius 3 is 2.76 bits per heavy atom. The summed E-state index contributed by atoms with van der Waals surface area (Å²) in [5, 5.41) is 3.50. The largest absolute Gasteiger partial charge is 0.310 e. The zero-order valence-corrected chi connectivity index (χ0v) is 11.8. The number of hydrogen-bond acceptors (Lipinski definition) is 1. The lowest BCUT2D eigenvalue weighted by Crippen LogP contribution is -2.33. The molecule has 2 rings (SSSR count). The molecule has 1 fully saturated rings. The van der Waals surface area contributed by atoms with Gasteiger partial charge in [-0.15, -0.1) is 0 Å². The lowest BCUT2D eigenvalue weighted by Gasteiger charge is -2.35. The molecule has 1 N–H and O–H groups in total. The summed E-state index contributed by atoms with van der Waals surface area (Å²) in [6, 6.07) is 5.40. The molecule has 0 saturated heterocycles. The molecule has 94 valence electrons. The van der Waals surface area contributed by atoms with E-state index in [9.17, 15) is 4.39 Å². The highest BCUT2D eigenvalue weighted by molar-refractivity contribution is 9.10. The highest BCUT2D eigenvalue weighted by Gasteiger charge is 2.30. The van der Waals surface area contributed by atoms with Crippen LogP contribution in [0.1, 0.15) is 44.2 Å². The van der Waals surface area contributed by atoms with Gasteiger partial charge in [-0.3, -0.25) is 0 Å². The van der Waals surface area contributed by atoms with Gasteiger partial charge in [-0.25, -0.2) is 4.39 Å². The van der Waals surface area contributed by atoms with Crippen LogP contribution in [0.25, 0.3) is 0 Å². The van der Waals surface area contributed by atoms with Crippen molar-refractivity contribution in [2.24, 2.45) is 5.92 Å². The van der Waals surface area contributed by atoms with Gasteiger partial charge in [-0.1, -0.05) is 35.3 Å². The standard InChI is InChI=1S/C14H19BrFN/c1-2-9-17-14(10-5-3-6-10)13-11(15)7-4-8-12(13)16/h4,7-8,10,14,17H,2-3,5-6,9H2,1H3. The van der Waals surface area contributed by atoms with Crippen molar-refractivity contribution in [2.45, 2.75) is 38.6 Å². The Morgan fingerprint density at radius 2 is 2.24 bits per heavy atom. The van der Waals surface area contributed by atoms with Crippen molar-refractivity contribution in [3.05, 3.63) is 34.1 Å². The molecule has 0 spiro atoms. The second-order valence-corrected chi connectivity index (χ2v) is 5.61. The summed E-state index contributed by atoms with van der Waals surface area (Å²) >= 11 is 3.48. The van der Waals surface area contributed by atoms with Crippen LogP contribution in [0.3, 0.4) is 0 Å². The van der Waals surface area contributed by atoms with Crippen LogP contribution in [-0.2, 0) is 0 Å². The second kappa shape index (κ2) is 5.96. The summed E-state index contributed by atoms with van der Waals surface area (Å²) in [6.45, 7) is 3.09. The Balaban J connectivity index is 2.24. The summed E-state index contributed by atoms with van der Waals surface area (Å²) in [7, 11) is 0. The molecule has 1 atom stereocenters. The Morgan fingerprint density at radius 1 is 1.47 bits per heavy atom. The fourth-order valence-corrected chi connectivity index (χ4v) is 2.97. The molecule has 0 bridgehead atoms. The minimum atomic E-state index is -0.0973. The first-order valence-electron chi connectivity index (χ1n) is 6.41. The molecule has 17 heavy (non-hydrogen) atoms. The van der Waals surface area contributed by atoms with Crippen LogP contribution in [0.2, 0.25) is 0 Å². The highest BCUT2D eigenvalue weighted by Crippen LogP contribution is 2.40. The Labute approximate surface area is 111 Å². The zero-order valence-electron chi connectivity index (χ0n) is 10.2. The van der Waals surface area contributed by atoms with E-state index >= 15 is 0 Å². The number of hydrogen-bond donors (Lipinski definition) is 1. The van der Waals surface area contributed by atoms with Crippen LogP contribution in [-0.4, -0.2) is 6.54 Å². The molecule has 1 unspecified atom stereocenters. The molecule has 1 saturated carbocycles. The lowest BCUT2D eigenvalue weighted by atomic mass is 9.77. The van der Waals surface area contributed by atoms with Crippen molar-refractivity contribution in [1.29, 1.82) is 0 Å². The van der Waals surface area contributed by atoms with Gasteiger partial charge in [0.1, 0.15) is 5.82 Å². The van der Waals surface area contributed by atoms with Crippen molar-refractivity contribution in [1.82, 2.24) is 5.32 Å². The van der Waals surface area contributed by atoms with Crippen molar-refractivity contribution < 1.29 is 4.39 Å². The zero-order chi connectivity index (χ0) is 12.3. The van der Waals surface area contributed by atoms with E-state index in [0.717, 1.165) is 23.0 Å². The summed E-state index contributed by atoms with van der Waals surface area (Å²) in [5.41, 5.74) is 0.811. The summed E-state index contributed by atoms with van der Waals surface area (Å²) in [6.07, 6.45) is 4.78. The van der Waals surface area contributed by atoms with Crippen molar-refractivity contribution in [3.63, 3.8) is 0 Å². The van der Waals surface area contributed by atoms with Gasteiger partial charge in [0.25, 0.3) is 0 Å². The van der Waals surface area contributed by atoms with E-state index in [-0.39, 0.29) is 11.9 Å². The van der Waals surface area contributed by atoms with Crippen molar-refractivity contribution in [2.75, 3.05) is 6.54 Å². The molecule has 1 aromatic rings. The van der Waals surface area contributed by atoms with Crippen LogP contribution in [0.15, 0.2) is 22.7 Å². The van der Waals surface area contributed by atoms with E-state index in [0.29, 0.717) is 5.92 Å². The molecular weight excluding hydrogens is 281 g/mol. The van der Waals surface area contributed by atoms with Crippen LogP contribution in [0, 0.1) is 11.7 Å². The number of rotatable bonds is 5. The monoisotopic (exact) mass is 299 g/mol. The smallest absolute Gasteiger partial charge is 0.129 e. The maximum Gasteiger partial charge on any atom is 0.129 e. The van der Waals surface area contributed by atoms with Crippen LogP contribution in [0.5, 0.6) is 0 Å². The van der Waals surface area contributed by atoms with Gasteiger partial charge in [-0.05, 0) is 43.9 Å². The second-order valence-electron chi connectivity index (χ2n) is 4.76. The molecule has 3 heteroatoms. The van der Waals surface area contributed by atoms with E-state index < -0.39 is 0 Å². The molecule has 0 amide bonds. The maximum atomic E-state index is 14.0. The molecule has 1 aliphatic carbocycles. The van der Waals surface area contributed by atoms with Gasteiger partial charge in [0, 0.05) is 16.1 Å². The molecule has 1 nitrogen and oxygen atoms in total. The summed E-state index contributed by atoms with van der Waals surface area (Å²) < 4.78 is 14.9. The maximum absolute atomic E-state index is 14.0. The Bertz CT molecular complexity index is 356. The lowest BCUT2D eigenvalue weighted by molar-refractivity contribution is 0.226. The third-order valence-electron chi connectivity index (χ3n) is 3.55. The van der Waals surface area contributed by atoms with Gasteiger partial charge in [0.15, 0.2) is 0 Å². The average Bonchev–Trinajstić information content (AvgIpc) is 2.22. The van der Waals surface area contributed by atoms with E-state index in [1.54, 1.807) is 12.1 Å². The molecule has 0 radical (unpaired) electrons. The quantitative estimate of drug-likeness (QED) is 0.848. The van der Waals surface area contributed by atoms with Crippen LogP contribution < -0.4 is 5.32 Å². The van der Waals surface area contributed by atoms with Crippen LogP contribution >= 0.6 is 15.9 Å². The van der Waals surface area contributed by atoms with E-state index in [1.807, 2.05) is 6.07 Å². The molecule has 0 heterocycles. The van der Waals surface area contributed by atoms with Crippen molar-refractivity contribution >= 4 is 15.9 Å². The fraction of sp³-hybridized carbons (Fsp3) is 0.571. The third kappa shape index (κ3) is 2.89. The third-order valence-corrected chi connectivity index (χ3v) is 4.24. The molecular formula is C14H19BrFN. The first-order chi connectivity index (χ1) is 8.24. The fourth-order valence-electron chi connectivity index (χ4n) is 2.39. The van der Waals surface area contributed by atoms with Gasteiger partial charge < -0.3 is 5.32 Å². The highest BCUT2D eigenvalue weighted by atomic mass is 79.9. The minimum absolute atomic E-state index is 0.0973. The topological polar surface area (TPSA) is 12.0 Å². The SMILES string of the molecule is CCCNC(c1c(F)cccc1Br)C1CCC1. The number of nitrogens with one attached hydrogen (secondary N) is 1. The van der Waals surface area contributed by atoms with E-state index in [1.165, 1.54) is 19.3 Å². The molecule has 1 aromatic carbocycles. The van der Waals surface area contributed by atoms with Gasteiger partial charge in [-0.2, -0.15) is 0 Å². The van der Waals surface area contributed by atoms with Gasteiger partial charge >= 0.3 is 0 Å². The summed E-state index contributed by atoms with van der Waals surface area (Å²) in [4.78, 5) is 0. The van der Waals surface area contributed by atoms with E-state index in [4.69, 9.17) is 0 Å². The first kappa shape index (κ1) is 13.0. The number of halogens is 2. The molecule has 0 aliphatic heterocycles. The van der Waals surface area contributed by atoms with Gasteiger partial charge in [0.05, 0.1) is 0 Å². The minimum Gasteiger partial charge on any atom is -0.310 e.